The van der Waals surface area contributed by atoms with Gasteiger partial charge in [0.05, 0.1) is 5.92 Å². The molecule has 0 radical (unpaired) electrons. The third-order valence-corrected chi connectivity index (χ3v) is 4.24. The van der Waals surface area contributed by atoms with Crippen LogP contribution >= 0.6 is 0 Å². The highest BCUT2D eigenvalue weighted by Crippen LogP contribution is 2.27. The number of nitrogens with zero attached hydrogens (tertiary/aromatic N) is 2. The van der Waals surface area contributed by atoms with Crippen LogP contribution in [0.3, 0.4) is 0 Å². The monoisotopic (exact) mass is 369 g/mol. The smallest absolute Gasteiger partial charge is 0.369 e. The number of unbranched alkanes of at least 4 members (excludes halogenated alkanes) is 2. The van der Waals surface area contributed by atoms with Gasteiger partial charge in [-0.2, -0.15) is 18.2 Å². The predicted octanol–water partition coefficient (Wildman–Crippen LogP) is 4.02. The van der Waals surface area contributed by atoms with E-state index in [4.69, 9.17) is 5.73 Å². The highest BCUT2D eigenvalue weighted by molar-refractivity contribution is 5.81. The summed E-state index contributed by atoms with van der Waals surface area (Å²) in [5.74, 6) is -2.01. The van der Waals surface area contributed by atoms with Crippen LogP contribution in [0.5, 0.6) is 0 Å². The average molecular weight is 369 g/mol. The van der Waals surface area contributed by atoms with E-state index < -0.39 is 12.1 Å². The van der Waals surface area contributed by atoms with Crippen LogP contribution in [0, 0.1) is 0 Å². The van der Waals surface area contributed by atoms with E-state index in [9.17, 15) is 18.0 Å². The van der Waals surface area contributed by atoms with Crippen LogP contribution in [0.1, 0.15) is 61.4 Å². The number of rotatable bonds is 9. The summed E-state index contributed by atoms with van der Waals surface area (Å²) < 4.78 is 41.3. The van der Waals surface area contributed by atoms with Crippen molar-refractivity contribution in [2.75, 3.05) is 0 Å². The van der Waals surface area contributed by atoms with Gasteiger partial charge >= 0.3 is 12.1 Å². The van der Waals surface area contributed by atoms with Gasteiger partial charge in [0.25, 0.3) is 0 Å². The van der Waals surface area contributed by atoms with Crippen molar-refractivity contribution in [3.8, 4) is 0 Å². The lowest BCUT2D eigenvalue weighted by molar-refractivity contribution is -0.159. The Morgan fingerprint density at radius 2 is 1.88 bits per heavy atom. The van der Waals surface area contributed by atoms with Gasteiger partial charge in [0.15, 0.2) is 5.82 Å². The largest absolute Gasteiger partial charge is 0.471 e. The van der Waals surface area contributed by atoms with E-state index >= 15 is 0 Å². The Morgan fingerprint density at radius 1 is 1.19 bits per heavy atom. The Bertz CT molecular complexity index is 711. The number of hydrogen-bond acceptors (Lipinski definition) is 4. The third kappa shape index (κ3) is 5.57. The van der Waals surface area contributed by atoms with Gasteiger partial charge in [-0.3, -0.25) is 4.79 Å². The summed E-state index contributed by atoms with van der Waals surface area (Å²) in [7, 11) is 0. The number of hydrogen-bond donors (Lipinski definition) is 1. The van der Waals surface area contributed by atoms with Crippen molar-refractivity contribution in [1.82, 2.24) is 10.1 Å². The van der Waals surface area contributed by atoms with Crippen LogP contribution < -0.4 is 5.73 Å². The number of benzene rings is 1. The number of aryl methyl sites for hydroxylation is 2. The molecule has 1 aromatic carbocycles. The molecule has 0 fully saturated rings. The van der Waals surface area contributed by atoms with E-state index in [1.807, 2.05) is 24.3 Å². The number of primary amides is 1. The molecule has 1 aromatic heterocycles. The van der Waals surface area contributed by atoms with Crippen LogP contribution in [0.4, 0.5) is 13.2 Å². The zero-order valence-electron chi connectivity index (χ0n) is 14.6. The van der Waals surface area contributed by atoms with Gasteiger partial charge in [0, 0.05) is 6.42 Å². The quantitative estimate of drug-likeness (QED) is 0.677. The first-order chi connectivity index (χ1) is 12.3. The molecule has 2 rings (SSSR count). The Labute approximate surface area is 149 Å². The van der Waals surface area contributed by atoms with Gasteiger partial charge in [-0.15, -0.1) is 0 Å². The van der Waals surface area contributed by atoms with Crippen molar-refractivity contribution < 1.29 is 22.5 Å². The fraction of sp³-hybridized carbons (Fsp3) is 0.500. The van der Waals surface area contributed by atoms with Gasteiger partial charge in [0.1, 0.15) is 0 Å². The van der Waals surface area contributed by atoms with Crippen molar-refractivity contribution >= 4 is 5.91 Å². The maximum atomic E-state index is 12.4. The van der Waals surface area contributed by atoms with Gasteiger partial charge < -0.3 is 10.3 Å². The van der Waals surface area contributed by atoms with Crippen molar-refractivity contribution in [1.29, 1.82) is 0 Å². The topological polar surface area (TPSA) is 82.0 Å². The highest BCUT2D eigenvalue weighted by Gasteiger charge is 2.38. The Morgan fingerprint density at radius 3 is 2.42 bits per heavy atom. The number of alkyl halides is 3. The zero-order chi connectivity index (χ0) is 19.2. The lowest BCUT2D eigenvalue weighted by atomic mass is 9.91. The maximum Gasteiger partial charge on any atom is 0.471 e. The first kappa shape index (κ1) is 19.9. The van der Waals surface area contributed by atoms with Crippen molar-refractivity contribution in [3.05, 3.63) is 47.1 Å². The summed E-state index contributed by atoms with van der Waals surface area (Å²) in [6, 6.07) is 7.82. The molecule has 2 aromatic rings. The second-order valence-corrected chi connectivity index (χ2v) is 6.16. The van der Waals surface area contributed by atoms with E-state index in [1.54, 1.807) is 0 Å². The molecule has 1 heterocycles. The van der Waals surface area contributed by atoms with E-state index in [-0.39, 0.29) is 17.6 Å². The van der Waals surface area contributed by atoms with E-state index in [0.29, 0.717) is 19.3 Å². The van der Waals surface area contributed by atoms with Crippen molar-refractivity contribution in [2.45, 2.75) is 57.5 Å². The number of carbonyl (C=O) groups is 1. The Hall–Kier alpha value is -2.38. The SMILES string of the molecule is CCc1ccc(C(CCCCCc2noc(C(F)(F)F)n2)C(N)=O)cc1. The molecular weight excluding hydrogens is 347 g/mol. The molecule has 2 N–H and O–H groups in total. The molecule has 142 valence electrons. The summed E-state index contributed by atoms with van der Waals surface area (Å²) in [5, 5.41) is 3.33. The third-order valence-electron chi connectivity index (χ3n) is 4.24. The standard InChI is InChI=1S/C18H22F3N3O2/c1-2-12-8-10-13(11-9-12)14(16(22)25)6-4-3-5-7-15-23-17(26-24-15)18(19,20)21/h8-11,14H,2-7H2,1H3,(H2,22,25). The van der Waals surface area contributed by atoms with Gasteiger partial charge in [-0.25, -0.2) is 0 Å². The van der Waals surface area contributed by atoms with Crippen LogP contribution in [0.2, 0.25) is 0 Å². The second-order valence-electron chi connectivity index (χ2n) is 6.16. The molecule has 1 atom stereocenters. The first-order valence-corrected chi connectivity index (χ1v) is 8.59. The summed E-state index contributed by atoms with van der Waals surface area (Å²) in [6.07, 6.45) is -0.731. The minimum atomic E-state index is -4.62. The average Bonchev–Trinajstić information content (AvgIpc) is 3.07. The number of aromatic nitrogens is 2. The summed E-state index contributed by atoms with van der Waals surface area (Å²) >= 11 is 0. The van der Waals surface area contributed by atoms with Crippen molar-refractivity contribution in [2.24, 2.45) is 5.73 Å². The zero-order valence-corrected chi connectivity index (χ0v) is 14.6. The van der Waals surface area contributed by atoms with Crippen LogP contribution in [0.15, 0.2) is 28.8 Å². The number of nitrogens with two attached hydrogens (primary N) is 1. The van der Waals surface area contributed by atoms with E-state index in [0.717, 1.165) is 24.8 Å². The fourth-order valence-electron chi connectivity index (χ4n) is 2.74. The van der Waals surface area contributed by atoms with Gasteiger partial charge in [-0.1, -0.05) is 49.2 Å². The molecule has 1 amide bonds. The molecule has 5 nitrogen and oxygen atoms in total. The van der Waals surface area contributed by atoms with Crippen LogP contribution in [0.25, 0.3) is 0 Å². The maximum absolute atomic E-state index is 12.4. The highest BCUT2D eigenvalue weighted by atomic mass is 19.4. The summed E-state index contributed by atoms with van der Waals surface area (Å²) in [6.45, 7) is 2.06. The number of carbonyl (C=O) groups excluding carboxylic acids is 1. The van der Waals surface area contributed by atoms with E-state index in [1.165, 1.54) is 5.56 Å². The molecule has 1 unspecified atom stereocenters. The van der Waals surface area contributed by atoms with Gasteiger partial charge in [0.2, 0.25) is 5.91 Å². The minimum Gasteiger partial charge on any atom is -0.369 e. The van der Waals surface area contributed by atoms with Gasteiger partial charge in [-0.05, 0) is 30.4 Å². The molecule has 26 heavy (non-hydrogen) atoms. The molecule has 0 saturated heterocycles. The first-order valence-electron chi connectivity index (χ1n) is 8.59. The molecule has 0 spiro atoms. The predicted molar refractivity (Wildman–Crippen MR) is 89.2 cm³/mol. The molecule has 0 aliphatic heterocycles. The molecule has 0 aliphatic rings. The van der Waals surface area contributed by atoms with Crippen LogP contribution in [-0.2, 0) is 23.8 Å². The fourth-order valence-corrected chi connectivity index (χ4v) is 2.74. The lowest BCUT2D eigenvalue weighted by Gasteiger charge is -2.14. The summed E-state index contributed by atoms with van der Waals surface area (Å²) in [4.78, 5) is 15.0. The second kappa shape index (κ2) is 8.82. The molecular formula is C18H22F3N3O2. The Balaban J connectivity index is 1.79. The minimum absolute atomic E-state index is 0.0407. The van der Waals surface area contributed by atoms with Crippen molar-refractivity contribution in [3.63, 3.8) is 0 Å². The normalized spacial score (nSPS) is 12.9. The summed E-state index contributed by atoms with van der Waals surface area (Å²) in [5.41, 5.74) is 7.59. The van der Waals surface area contributed by atoms with E-state index in [2.05, 4.69) is 21.6 Å². The molecule has 8 heteroatoms. The molecule has 0 saturated carbocycles. The van der Waals surface area contributed by atoms with Crippen LogP contribution in [-0.4, -0.2) is 16.0 Å². The molecule has 0 aliphatic carbocycles. The Kier molecular flexibility index (Phi) is 6.76. The lowest BCUT2D eigenvalue weighted by Crippen LogP contribution is -2.21. The molecule has 0 bridgehead atoms. The number of amides is 1. The number of halogens is 3.